The predicted molar refractivity (Wildman–Crippen MR) is 191 cm³/mol. The zero-order chi connectivity index (χ0) is 35.8. The van der Waals surface area contributed by atoms with Crippen LogP contribution in [0.4, 0.5) is 0 Å². The summed E-state index contributed by atoms with van der Waals surface area (Å²) in [5, 5.41) is 30.9. The number of aliphatic hydroxyl groups is 3. The molecule has 284 valence electrons. The van der Waals surface area contributed by atoms with E-state index in [-0.39, 0.29) is 19.3 Å². The third kappa shape index (κ3) is 26.2. The second kappa shape index (κ2) is 31.3. The van der Waals surface area contributed by atoms with Crippen LogP contribution >= 0.6 is 0 Å². The van der Waals surface area contributed by atoms with Gasteiger partial charge in [0.15, 0.2) is 6.61 Å². The van der Waals surface area contributed by atoms with E-state index < -0.39 is 36.3 Å². The van der Waals surface area contributed by atoms with Crippen molar-refractivity contribution in [1.29, 1.82) is 0 Å². The molecular weight excluding hydrogens is 612 g/mol. The van der Waals surface area contributed by atoms with Gasteiger partial charge in [0.2, 0.25) is 0 Å². The third-order valence-electron chi connectivity index (χ3n) is 8.94. The van der Waals surface area contributed by atoms with Crippen LogP contribution in [0.1, 0.15) is 213 Å². The Kier molecular flexibility index (Phi) is 30.2. The minimum atomic E-state index is -3.78. The van der Waals surface area contributed by atoms with Crippen LogP contribution in [0.15, 0.2) is 0 Å². The quantitative estimate of drug-likeness (QED) is 0.0338. The van der Waals surface area contributed by atoms with Crippen LogP contribution < -0.4 is 0 Å². The highest BCUT2D eigenvalue weighted by Gasteiger charge is 2.58. The lowest BCUT2D eigenvalue weighted by atomic mass is 10.1. The second-order valence-electron chi connectivity index (χ2n) is 13.7. The van der Waals surface area contributed by atoms with Gasteiger partial charge in [-0.1, -0.05) is 175 Å². The van der Waals surface area contributed by atoms with E-state index >= 15 is 0 Å². The zero-order valence-corrected chi connectivity index (χ0v) is 31.2. The molecule has 0 rings (SSSR count). The molecule has 9 nitrogen and oxygen atoms in total. The Bertz CT molecular complexity index is 742. The number of unbranched alkanes of at least 4 members (excludes halogenated alkanes) is 24. The van der Waals surface area contributed by atoms with Crippen molar-refractivity contribution < 1.29 is 43.9 Å². The maximum Gasteiger partial charge on any atom is 0.373 e. The SMILES string of the molecule is CCCCCCCCCCCC(=O)OCC(OC(=O)CCCCCCCCCCC)(OC(=O)CCCCCCCCCCC)C(O)(O)O. The predicted octanol–water partition coefficient (Wildman–Crippen LogP) is 9.71. The molecule has 0 aromatic carbocycles. The van der Waals surface area contributed by atoms with Crippen LogP contribution in [0.5, 0.6) is 0 Å². The molecule has 48 heavy (non-hydrogen) atoms. The van der Waals surface area contributed by atoms with E-state index in [0.29, 0.717) is 19.3 Å². The van der Waals surface area contributed by atoms with Crippen LogP contribution in [-0.2, 0) is 28.6 Å². The van der Waals surface area contributed by atoms with E-state index in [1.54, 1.807) is 0 Å². The summed E-state index contributed by atoms with van der Waals surface area (Å²) >= 11 is 0. The van der Waals surface area contributed by atoms with Crippen molar-refractivity contribution >= 4 is 17.9 Å². The highest BCUT2D eigenvalue weighted by atomic mass is 16.8. The van der Waals surface area contributed by atoms with Crippen molar-refractivity contribution in [3.63, 3.8) is 0 Å². The van der Waals surface area contributed by atoms with E-state index in [1.807, 2.05) is 0 Å². The smallest absolute Gasteiger partial charge is 0.373 e. The molecule has 0 aromatic rings. The Labute approximate surface area is 293 Å². The van der Waals surface area contributed by atoms with Gasteiger partial charge in [-0.15, -0.1) is 0 Å². The Morgan fingerprint density at radius 3 is 0.917 bits per heavy atom. The molecule has 0 unspecified atom stereocenters. The van der Waals surface area contributed by atoms with E-state index in [1.165, 1.54) is 83.5 Å². The maximum atomic E-state index is 12.8. The minimum absolute atomic E-state index is 0.0694. The van der Waals surface area contributed by atoms with Gasteiger partial charge < -0.3 is 29.5 Å². The number of esters is 3. The van der Waals surface area contributed by atoms with Crippen LogP contribution in [0.25, 0.3) is 0 Å². The van der Waals surface area contributed by atoms with Crippen LogP contribution in [0, 0.1) is 0 Å². The first-order valence-corrected chi connectivity index (χ1v) is 19.9. The summed E-state index contributed by atoms with van der Waals surface area (Å²) in [5.74, 6) is -9.21. The molecule has 0 atom stereocenters. The summed E-state index contributed by atoms with van der Waals surface area (Å²) in [7, 11) is 0. The first kappa shape index (κ1) is 46.3. The van der Waals surface area contributed by atoms with Crippen LogP contribution in [-0.4, -0.2) is 51.6 Å². The lowest BCUT2D eigenvalue weighted by Gasteiger charge is -2.37. The number of rotatable bonds is 35. The molecule has 0 aliphatic rings. The van der Waals surface area contributed by atoms with Gasteiger partial charge in [0.1, 0.15) is 0 Å². The molecular formula is C39H74O9. The molecule has 0 radical (unpaired) electrons. The van der Waals surface area contributed by atoms with Gasteiger partial charge >= 0.3 is 29.7 Å². The molecule has 0 aromatic heterocycles. The molecule has 0 aliphatic heterocycles. The van der Waals surface area contributed by atoms with Gasteiger partial charge in [-0.3, -0.25) is 14.4 Å². The fourth-order valence-electron chi connectivity index (χ4n) is 5.77. The molecule has 3 N–H and O–H groups in total. The third-order valence-corrected chi connectivity index (χ3v) is 8.94. The van der Waals surface area contributed by atoms with Crippen LogP contribution in [0.3, 0.4) is 0 Å². The van der Waals surface area contributed by atoms with E-state index in [4.69, 9.17) is 14.2 Å². The molecule has 0 spiro atoms. The van der Waals surface area contributed by atoms with E-state index in [0.717, 1.165) is 70.6 Å². The largest absolute Gasteiger partial charge is 0.457 e. The maximum absolute atomic E-state index is 12.8. The molecule has 0 saturated carbocycles. The number of hydrogen-bond acceptors (Lipinski definition) is 9. The Hall–Kier alpha value is -1.71. The van der Waals surface area contributed by atoms with E-state index in [9.17, 15) is 29.7 Å². The highest BCUT2D eigenvalue weighted by Crippen LogP contribution is 2.28. The summed E-state index contributed by atoms with van der Waals surface area (Å²) < 4.78 is 15.8. The highest BCUT2D eigenvalue weighted by molar-refractivity contribution is 5.73. The van der Waals surface area contributed by atoms with Crippen molar-refractivity contribution in [2.75, 3.05) is 6.61 Å². The second-order valence-corrected chi connectivity index (χ2v) is 13.7. The summed E-state index contributed by atoms with van der Waals surface area (Å²) in [6.07, 6.45) is 28.2. The lowest BCUT2D eigenvalue weighted by Crippen LogP contribution is -2.62. The normalized spacial score (nSPS) is 11.9. The van der Waals surface area contributed by atoms with Crippen molar-refractivity contribution in [3.05, 3.63) is 0 Å². The summed E-state index contributed by atoms with van der Waals surface area (Å²) in [6, 6.07) is 0. The van der Waals surface area contributed by atoms with Gasteiger partial charge in [0.25, 0.3) is 0 Å². The first-order valence-electron chi connectivity index (χ1n) is 19.9. The molecule has 0 heterocycles. The van der Waals surface area contributed by atoms with Gasteiger partial charge in [0.05, 0.1) is 0 Å². The molecule has 0 amide bonds. The zero-order valence-electron chi connectivity index (χ0n) is 31.2. The lowest BCUT2D eigenvalue weighted by molar-refractivity contribution is -0.449. The molecule has 0 saturated heterocycles. The summed E-state index contributed by atoms with van der Waals surface area (Å²) in [6.45, 7) is 5.53. The molecule has 0 bridgehead atoms. The van der Waals surface area contributed by atoms with Crippen molar-refractivity contribution in [2.24, 2.45) is 0 Å². The topological polar surface area (TPSA) is 140 Å². The Morgan fingerprint density at radius 2 is 0.646 bits per heavy atom. The Balaban J connectivity index is 5.01. The molecule has 0 fully saturated rings. The van der Waals surface area contributed by atoms with Crippen LogP contribution in [0.2, 0.25) is 0 Å². The molecule has 0 aliphatic carbocycles. The van der Waals surface area contributed by atoms with Gasteiger partial charge in [-0.05, 0) is 19.3 Å². The number of carbonyl (C=O) groups excluding carboxylic acids is 3. The number of carbonyl (C=O) groups is 3. The van der Waals surface area contributed by atoms with Gasteiger partial charge in [0, 0.05) is 19.3 Å². The number of hydrogen-bond donors (Lipinski definition) is 3. The Morgan fingerprint density at radius 1 is 0.396 bits per heavy atom. The molecule has 9 heteroatoms. The monoisotopic (exact) mass is 687 g/mol. The summed E-state index contributed by atoms with van der Waals surface area (Å²) in [4.78, 5) is 38.2. The minimum Gasteiger partial charge on any atom is -0.457 e. The van der Waals surface area contributed by atoms with Crippen molar-refractivity contribution in [1.82, 2.24) is 0 Å². The summed E-state index contributed by atoms with van der Waals surface area (Å²) in [5.41, 5.74) is 0. The average Bonchev–Trinajstić information content (AvgIpc) is 3.04. The number of ether oxygens (including phenoxy) is 3. The van der Waals surface area contributed by atoms with Crippen molar-refractivity contribution in [2.45, 2.75) is 225 Å². The fraction of sp³-hybridized carbons (Fsp3) is 0.923. The fourth-order valence-corrected chi connectivity index (χ4v) is 5.77. The van der Waals surface area contributed by atoms with Crippen molar-refractivity contribution in [3.8, 4) is 0 Å². The van der Waals surface area contributed by atoms with Gasteiger partial charge in [-0.2, -0.15) is 0 Å². The average molecular weight is 687 g/mol. The first-order chi connectivity index (χ1) is 23.1. The van der Waals surface area contributed by atoms with E-state index in [2.05, 4.69) is 20.8 Å². The standard InChI is InChI=1S/C39H74O9/c1-4-7-10-13-16-19-22-25-28-31-35(40)46-34-38(39(43,44)45,47-36(41)32-29-26-23-20-17-14-11-8-5-2)48-37(42)33-30-27-24-21-18-15-12-9-6-3/h43-45H,4-34H2,1-3H3. The van der Waals surface area contributed by atoms with Gasteiger partial charge in [-0.25, -0.2) is 0 Å².